The molecule has 0 fully saturated rings. The molecule has 0 amide bonds. The van der Waals surface area contributed by atoms with Crippen LogP contribution in [0.25, 0.3) is 44.5 Å². The molecule has 186 valence electrons. The molecule has 2 aliphatic rings. The molecule has 0 saturated carbocycles. The summed E-state index contributed by atoms with van der Waals surface area (Å²) in [6.45, 7) is 14.0. The highest BCUT2D eigenvalue weighted by molar-refractivity contribution is 5.96. The van der Waals surface area contributed by atoms with Crippen molar-refractivity contribution in [2.24, 2.45) is 0 Å². The normalized spacial score (nSPS) is 15.5. The van der Waals surface area contributed by atoms with E-state index in [0.29, 0.717) is 0 Å². The van der Waals surface area contributed by atoms with Crippen molar-refractivity contribution >= 4 is 0 Å². The number of aryl methyl sites for hydroxylation is 2. The van der Waals surface area contributed by atoms with E-state index < -0.39 is 0 Å². The second kappa shape index (κ2) is 7.81. The van der Waals surface area contributed by atoms with Gasteiger partial charge in [-0.05, 0) is 91.7 Å². The molecule has 0 N–H and O–H groups in total. The molecule has 0 bridgehead atoms. The maximum absolute atomic E-state index is 2.43. The summed E-state index contributed by atoms with van der Waals surface area (Å²) in [6, 6.07) is 36.5. The van der Waals surface area contributed by atoms with Gasteiger partial charge in [0, 0.05) is 10.8 Å². The van der Waals surface area contributed by atoms with Crippen molar-refractivity contribution in [2.45, 2.75) is 52.4 Å². The molecule has 0 saturated heterocycles. The van der Waals surface area contributed by atoms with E-state index in [1.54, 1.807) is 0 Å². The first-order valence-electron chi connectivity index (χ1n) is 13.8. The number of hydrogen-bond donors (Lipinski definition) is 0. The lowest BCUT2D eigenvalue weighted by Crippen LogP contribution is -2.14. The van der Waals surface area contributed by atoms with Gasteiger partial charge in [0.2, 0.25) is 0 Å². The molecule has 0 heteroatoms. The molecular weight excluding hydrogens is 456 g/mol. The maximum atomic E-state index is 2.43. The van der Waals surface area contributed by atoms with Gasteiger partial charge in [-0.2, -0.15) is 0 Å². The van der Waals surface area contributed by atoms with Gasteiger partial charge in [0.1, 0.15) is 0 Å². The van der Waals surface area contributed by atoms with Gasteiger partial charge in [0.15, 0.2) is 0 Å². The third-order valence-corrected chi connectivity index (χ3v) is 9.37. The molecular formula is C38H34. The Morgan fingerprint density at radius 2 is 0.711 bits per heavy atom. The van der Waals surface area contributed by atoms with Crippen molar-refractivity contribution in [3.05, 3.63) is 130 Å². The van der Waals surface area contributed by atoms with Gasteiger partial charge in [0.25, 0.3) is 0 Å². The average molecular weight is 491 g/mol. The van der Waals surface area contributed by atoms with E-state index in [1.807, 2.05) is 0 Å². The lowest BCUT2D eigenvalue weighted by Gasteiger charge is -2.22. The van der Waals surface area contributed by atoms with Crippen molar-refractivity contribution in [3.8, 4) is 44.5 Å². The Hall–Kier alpha value is -3.90. The Bertz CT molecular complexity index is 1640. The molecule has 5 aromatic carbocycles. The number of fused-ring (bicyclic) bond motifs is 6. The van der Waals surface area contributed by atoms with Gasteiger partial charge in [-0.25, -0.2) is 0 Å². The van der Waals surface area contributed by atoms with Crippen molar-refractivity contribution < 1.29 is 0 Å². The predicted octanol–water partition coefficient (Wildman–Crippen LogP) is 10.3. The van der Waals surface area contributed by atoms with E-state index in [0.717, 1.165) is 0 Å². The Morgan fingerprint density at radius 3 is 1.13 bits per heavy atom. The molecule has 0 aliphatic heterocycles. The van der Waals surface area contributed by atoms with Crippen LogP contribution in [0.3, 0.4) is 0 Å². The number of hydrogen-bond acceptors (Lipinski definition) is 0. The number of benzene rings is 5. The summed E-state index contributed by atoms with van der Waals surface area (Å²) in [5.74, 6) is 0. The molecule has 2 aliphatic carbocycles. The van der Waals surface area contributed by atoms with Crippen LogP contribution in [-0.2, 0) is 10.8 Å². The van der Waals surface area contributed by atoms with Crippen LogP contribution in [0.2, 0.25) is 0 Å². The van der Waals surface area contributed by atoms with Crippen LogP contribution in [0.4, 0.5) is 0 Å². The predicted molar refractivity (Wildman–Crippen MR) is 162 cm³/mol. The van der Waals surface area contributed by atoms with Crippen molar-refractivity contribution in [2.75, 3.05) is 0 Å². The molecule has 5 aromatic rings. The fourth-order valence-corrected chi connectivity index (χ4v) is 7.35. The zero-order valence-corrected chi connectivity index (χ0v) is 23.2. The summed E-state index contributed by atoms with van der Waals surface area (Å²) in [5.41, 5.74) is 19.3. The monoisotopic (exact) mass is 490 g/mol. The summed E-state index contributed by atoms with van der Waals surface area (Å²) in [7, 11) is 0. The summed E-state index contributed by atoms with van der Waals surface area (Å²) in [6.07, 6.45) is 0. The summed E-state index contributed by atoms with van der Waals surface area (Å²) < 4.78 is 0. The Balaban J connectivity index is 1.44. The largest absolute Gasteiger partial charge is 0.0619 e. The lowest BCUT2D eigenvalue weighted by atomic mass is 9.81. The molecule has 0 unspecified atom stereocenters. The van der Waals surface area contributed by atoms with E-state index in [4.69, 9.17) is 0 Å². The first-order chi connectivity index (χ1) is 18.2. The maximum Gasteiger partial charge on any atom is 0.0159 e. The molecule has 0 atom stereocenters. The smallest absolute Gasteiger partial charge is 0.0159 e. The third kappa shape index (κ3) is 2.98. The fourth-order valence-electron chi connectivity index (χ4n) is 7.35. The van der Waals surface area contributed by atoms with E-state index in [1.165, 1.54) is 77.9 Å². The average Bonchev–Trinajstić information content (AvgIpc) is 3.30. The molecule has 0 nitrogen and oxygen atoms in total. The summed E-state index contributed by atoms with van der Waals surface area (Å²) in [4.78, 5) is 0. The highest BCUT2D eigenvalue weighted by atomic mass is 14.4. The molecule has 0 radical (unpaired) electrons. The van der Waals surface area contributed by atoms with Gasteiger partial charge >= 0.3 is 0 Å². The van der Waals surface area contributed by atoms with E-state index in [-0.39, 0.29) is 10.8 Å². The lowest BCUT2D eigenvalue weighted by molar-refractivity contribution is 0.660. The highest BCUT2D eigenvalue weighted by Gasteiger charge is 2.38. The topological polar surface area (TPSA) is 0 Å². The van der Waals surface area contributed by atoms with Crippen LogP contribution < -0.4 is 0 Å². The van der Waals surface area contributed by atoms with Crippen LogP contribution in [0.5, 0.6) is 0 Å². The molecule has 7 rings (SSSR count). The fraction of sp³-hybridized carbons (Fsp3) is 0.211. The van der Waals surface area contributed by atoms with Crippen LogP contribution in [0.15, 0.2) is 97.1 Å². The van der Waals surface area contributed by atoms with Crippen molar-refractivity contribution in [1.82, 2.24) is 0 Å². The Kier molecular flexibility index (Phi) is 4.77. The minimum atomic E-state index is 0.00954. The van der Waals surface area contributed by atoms with Gasteiger partial charge in [-0.3, -0.25) is 0 Å². The second-order valence-corrected chi connectivity index (χ2v) is 12.3. The zero-order valence-electron chi connectivity index (χ0n) is 23.2. The first-order valence-corrected chi connectivity index (χ1v) is 13.8. The van der Waals surface area contributed by atoms with E-state index in [9.17, 15) is 0 Å². The standard InChI is InChI=1S/C38H34/c1-23-21-30(26-16-12-20-34-36(26)28-14-8-10-18-32(28)38(34,5)6)24(2)22-29(23)25-15-11-19-33-35(25)27-13-7-9-17-31(27)37(33,3)4/h7-22H,1-6H3. The van der Waals surface area contributed by atoms with E-state index >= 15 is 0 Å². The van der Waals surface area contributed by atoms with Crippen LogP contribution in [0.1, 0.15) is 61.1 Å². The third-order valence-electron chi connectivity index (χ3n) is 9.37. The van der Waals surface area contributed by atoms with Crippen molar-refractivity contribution in [1.29, 1.82) is 0 Å². The summed E-state index contributed by atoms with van der Waals surface area (Å²) >= 11 is 0. The SMILES string of the molecule is Cc1cc(-c2cccc3c2-c2ccccc2C3(C)C)c(C)cc1-c1cccc2c1-c1ccccc1C2(C)C. The molecule has 38 heavy (non-hydrogen) atoms. The van der Waals surface area contributed by atoms with Gasteiger partial charge in [-0.1, -0.05) is 125 Å². The zero-order chi connectivity index (χ0) is 26.4. The van der Waals surface area contributed by atoms with E-state index in [2.05, 4.69) is 139 Å². The quantitative estimate of drug-likeness (QED) is 0.231. The van der Waals surface area contributed by atoms with Crippen LogP contribution in [0, 0.1) is 13.8 Å². The first kappa shape index (κ1) is 23.2. The highest BCUT2D eigenvalue weighted by Crippen LogP contribution is 2.54. The van der Waals surface area contributed by atoms with Crippen LogP contribution in [-0.4, -0.2) is 0 Å². The van der Waals surface area contributed by atoms with Gasteiger partial charge in [-0.15, -0.1) is 0 Å². The van der Waals surface area contributed by atoms with Gasteiger partial charge in [0.05, 0.1) is 0 Å². The van der Waals surface area contributed by atoms with Crippen LogP contribution >= 0.6 is 0 Å². The molecule has 0 heterocycles. The number of rotatable bonds is 2. The molecule has 0 aromatic heterocycles. The summed E-state index contributed by atoms with van der Waals surface area (Å²) in [5, 5.41) is 0. The second-order valence-electron chi connectivity index (χ2n) is 12.3. The minimum absolute atomic E-state index is 0.00954. The van der Waals surface area contributed by atoms with Crippen molar-refractivity contribution in [3.63, 3.8) is 0 Å². The minimum Gasteiger partial charge on any atom is -0.0619 e. The van der Waals surface area contributed by atoms with Gasteiger partial charge < -0.3 is 0 Å². The Labute approximate surface area is 227 Å². The molecule has 0 spiro atoms. The Morgan fingerprint density at radius 1 is 0.368 bits per heavy atom.